The van der Waals surface area contributed by atoms with Gasteiger partial charge in [0.05, 0.1) is 6.61 Å². The Bertz CT molecular complexity index is 546. The maximum Gasteiger partial charge on any atom is 0.126 e. The predicted octanol–water partition coefficient (Wildman–Crippen LogP) is 3.23. The standard InChI is InChI=1S/C16H20N2OS/c1-13-4-2-3-5-15(13)11-18-16-10-14(6-7-17-16)12-20-9-8-19/h2-7,10,19H,8-9,11-12H2,1H3,(H,17,18). The lowest BCUT2D eigenvalue weighted by molar-refractivity contribution is 0.322. The number of benzene rings is 1. The number of anilines is 1. The van der Waals surface area contributed by atoms with Crippen molar-refractivity contribution in [2.75, 3.05) is 17.7 Å². The minimum absolute atomic E-state index is 0.230. The molecule has 20 heavy (non-hydrogen) atoms. The van der Waals surface area contributed by atoms with Crippen molar-refractivity contribution >= 4 is 17.6 Å². The van der Waals surface area contributed by atoms with Crippen LogP contribution in [0, 0.1) is 6.92 Å². The van der Waals surface area contributed by atoms with E-state index >= 15 is 0 Å². The van der Waals surface area contributed by atoms with Crippen molar-refractivity contribution in [1.29, 1.82) is 0 Å². The molecule has 0 amide bonds. The van der Waals surface area contributed by atoms with Crippen LogP contribution in [0.3, 0.4) is 0 Å². The second kappa shape index (κ2) is 7.92. The summed E-state index contributed by atoms with van der Waals surface area (Å²) in [7, 11) is 0. The molecule has 2 N–H and O–H groups in total. The fourth-order valence-corrected chi connectivity index (χ4v) is 2.60. The van der Waals surface area contributed by atoms with Gasteiger partial charge in [-0.1, -0.05) is 24.3 Å². The summed E-state index contributed by atoms with van der Waals surface area (Å²) in [5.41, 5.74) is 3.80. The Morgan fingerprint density at radius 2 is 2.10 bits per heavy atom. The Morgan fingerprint density at radius 3 is 2.90 bits per heavy atom. The number of hydrogen-bond donors (Lipinski definition) is 2. The second-order valence-corrected chi connectivity index (χ2v) is 5.71. The number of rotatable bonds is 7. The zero-order chi connectivity index (χ0) is 14.2. The lowest BCUT2D eigenvalue weighted by Crippen LogP contribution is -2.03. The van der Waals surface area contributed by atoms with Gasteiger partial charge in [-0.3, -0.25) is 0 Å². The summed E-state index contributed by atoms with van der Waals surface area (Å²) >= 11 is 1.73. The summed E-state index contributed by atoms with van der Waals surface area (Å²) in [4.78, 5) is 4.34. The van der Waals surface area contributed by atoms with Crippen LogP contribution in [0.2, 0.25) is 0 Å². The molecule has 3 nitrogen and oxygen atoms in total. The van der Waals surface area contributed by atoms with E-state index in [1.165, 1.54) is 16.7 Å². The van der Waals surface area contributed by atoms with Crippen molar-refractivity contribution in [3.63, 3.8) is 0 Å². The van der Waals surface area contributed by atoms with Gasteiger partial charge in [0.2, 0.25) is 0 Å². The molecular formula is C16H20N2OS. The SMILES string of the molecule is Cc1ccccc1CNc1cc(CSCCO)ccn1. The van der Waals surface area contributed by atoms with Crippen molar-refractivity contribution in [3.8, 4) is 0 Å². The van der Waals surface area contributed by atoms with Crippen LogP contribution in [-0.4, -0.2) is 22.5 Å². The highest BCUT2D eigenvalue weighted by Gasteiger charge is 2.00. The van der Waals surface area contributed by atoms with Gasteiger partial charge in [-0.05, 0) is 35.7 Å². The number of nitrogens with zero attached hydrogens (tertiary/aromatic N) is 1. The Morgan fingerprint density at radius 1 is 1.25 bits per heavy atom. The number of aromatic nitrogens is 1. The van der Waals surface area contributed by atoms with Crippen LogP contribution in [-0.2, 0) is 12.3 Å². The molecule has 0 saturated carbocycles. The van der Waals surface area contributed by atoms with E-state index in [1.54, 1.807) is 11.8 Å². The van der Waals surface area contributed by atoms with Crippen LogP contribution in [0.4, 0.5) is 5.82 Å². The van der Waals surface area contributed by atoms with E-state index in [2.05, 4.69) is 47.6 Å². The number of aliphatic hydroxyl groups is 1. The van der Waals surface area contributed by atoms with E-state index in [1.807, 2.05) is 12.3 Å². The zero-order valence-corrected chi connectivity index (χ0v) is 12.5. The number of aryl methyl sites for hydroxylation is 1. The van der Waals surface area contributed by atoms with Crippen molar-refractivity contribution in [2.24, 2.45) is 0 Å². The van der Waals surface area contributed by atoms with Gasteiger partial charge in [-0.2, -0.15) is 11.8 Å². The van der Waals surface area contributed by atoms with Gasteiger partial charge in [0.15, 0.2) is 0 Å². The molecule has 0 saturated heterocycles. The van der Waals surface area contributed by atoms with Gasteiger partial charge in [-0.15, -0.1) is 0 Å². The minimum Gasteiger partial charge on any atom is -0.396 e. The third-order valence-electron chi connectivity index (χ3n) is 3.05. The lowest BCUT2D eigenvalue weighted by Gasteiger charge is -2.09. The van der Waals surface area contributed by atoms with Gasteiger partial charge >= 0.3 is 0 Å². The van der Waals surface area contributed by atoms with Crippen LogP contribution in [0.25, 0.3) is 0 Å². The van der Waals surface area contributed by atoms with E-state index < -0.39 is 0 Å². The maximum atomic E-state index is 8.79. The monoisotopic (exact) mass is 288 g/mol. The molecule has 0 aliphatic rings. The van der Waals surface area contributed by atoms with Crippen LogP contribution in [0.1, 0.15) is 16.7 Å². The quantitative estimate of drug-likeness (QED) is 0.768. The molecule has 0 aliphatic carbocycles. The molecule has 1 aromatic carbocycles. The largest absolute Gasteiger partial charge is 0.396 e. The van der Waals surface area contributed by atoms with Crippen molar-refractivity contribution < 1.29 is 5.11 Å². The van der Waals surface area contributed by atoms with E-state index in [9.17, 15) is 0 Å². The summed E-state index contributed by atoms with van der Waals surface area (Å²) in [6.07, 6.45) is 1.83. The first kappa shape index (κ1) is 14.9. The number of pyridine rings is 1. The van der Waals surface area contributed by atoms with Crippen molar-refractivity contribution in [1.82, 2.24) is 4.98 Å². The summed E-state index contributed by atoms with van der Waals surface area (Å²) in [6, 6.07) is 12.4. The van der Waals surface area contributed by atoms with Gasteiger partial charge < -0.3 is 10.4 Å². The van der Waals surface area contributed by atoms with E-state index in [0.717, 1.165) is 23.9 Å². The Labute approximate surface area is 124 Å². The molecule has 0 bridgehead atoms. The van der Waals surface area contributed by atoms with E-state index in [-0.39, 0.29) is 6.61 Å². The average molecular weight is 288 g/mol. The highest BCUT2D eigenvalue weighted by atomic mass is 32.2. The normalized spacial score (nSPS) is 10.5. The molecule has 106 valence electrons. The first-order valence-corrected chi connectivity index (χ1v) is 7.87. The summed E-state index contributed by atoms with van der Waals surface area (Å²) in [6.45, 7) is 3.13. The molecule has 0 atom stereocenters. The smallest absolute Gasteiger partial charge is 0.126 e. The maximum absolute atomic E-state index is 8.79. The topological polar surface area (TPSA) is 45.1 Å². The summed E-state index contributed by atoms with van der Waals surface area (Å²) in [5, 5.41) is 12.2. The predicted molar refractivity (Wildman–Crippen MR) is 86.0 cm³/mol. The van der Waals surface area contributed by atoms with Gasteiger partial charge in [0, 0.05) is 24.2 Å². The van der Waals surface area contributed by atoms with Crippen LogP contribution in [0.15, 0.2) is 42.6 Å². The highest BCUT2D eigenvalue weighted by Crippen LogP contribution is 2.15. The molecule has 2 rings (SSSR count). The fourth-order valence-electron chi connectivity index (χ4n) is 1.91. The number of aliphatic hydroxyl groups excluding tert-OH is 1. The molecule has 2 aromatic rings. The van der Waals surface area contributed by atoms with Crippen molar-refractivity contribution in [2.45, 2.75) is 19.2 Å². The highest BCUT2D eigenvalue weighted by molar-refractivity contribution is 7.98. The van der Waals surface area contributed by atoms with E-state index in [0.29, 0.717) is 0 Å². The molecular weight excluding hydrogens is 268 g/mol. The number of thioether (sulfide) groups is 1. The molecule has 0 fully saturated rings. The Balaban J connectivity index is 1.93. The van der Waals surface area contributed by atoms with Crippen LogP contribution in [0.5, 0.6) is 0 Å². The summed E-state index contributed by atoms with van der Waals surface area (Å²) in [5.74, 6) is 2.58. The molecule has 1 aromatic heterocycles. The Hall–Kier alpha value is -1.52. The fraction of sp³-hybridized carbons (Fsp3) is 0.312. The molecule has 1 heterocycles. The van der Waals surface area contributed by atoms with Gasteiger partial charge in [-0.25, -0.2) is 4.98 Å². The second-order valence-electron chi connectivity index (χ2n) is 4.61. The molecule has 0 unspecified atom stereocenters. The average Bonchev–Trinajstić information content (AvgIpc) is 2.47. The Kier molecular flexibility index (Phi) is 5.89. The third-order valence-corrected chi connectivity index (χ3v) is 4.06. The molecule has 0 spiro atoms. The number of nitrogens with one attached hydrogen (secondary N) is 1. The van der Waals surface area contributed by atoms with Crippen LogP contribution < -0.4 is 5.32 Å². The minimum atomic E-state index is 0.230. The van der Waals surface area contributed by atoms with Crippen LogP contribution >= 0.6 is 11.8 Å². The van der Waals surface area contributed by atoms with E-state index in [4.69, 9.17) is 5.11 Å². The molecule has 4 heteroatoms. The number of hydrogen-bond acceptors (Lipinski definition) is 4. The first-order chi connectivity index (χ1) is 9.79. The van der Waals surface area contributed by atoms with Crippen molar-refractivity contribution in [3.05, 3.63) is 59.3 Å². The summed E-state index contributed by atoms with van der Waals surface area (Å²) < 4.78 is 0. The lowest BCUT2D eigenvalue weighted by atomic mass is 10.1. The molecule has 0 aliphatic heterocycles. The van der Waals surface area contributed by atoms with Gasteiger partial charge in [0.1, 0.15) is 5.82 Å². The third kappa shape index (κ3) is 4.54. The molecule has 0 radical (unpaired) electrons. The van der Waals surface area contributed by atoms with Gasteiger partial charge in [0.25, 0.3) is 0 Å². The first-order valence-electron chi connectivity index (χ1n) is 6.71. The zero-order valence-electron chi connectivity index (χ0n) is 11.7.